The van der Waals surface area contributed by atoms with Crippen LogP contribution in [-0.4, -0.2) is 21.4 Å². The molecule has 0 heterocycles. The smallest absolute Gasteiger partial charge is 0.262 e. The van der Waals surface area contributed by atoms with Gasteiger partial charge in [-0.2, -0.15) is 0 Å². The molecular formula is C16H18N2O4S. The van der Waals surface area contributed by atoms with E-state index in [2.05, 4.69) is 10.0 Å². The number of carbonyl (C=O) groups is 1. The Morgan fingerprint density at radius 2 is 1.83 bits per heavy atom. The van der Waals surface area contributed by atoms with E-state index in [1.165, 1.54) is 26.2 Å². The Kier molecular flexibility index (Phi) is 4.90. The number of rotatable bonds is 5. The van der Waals surface area contributed by atoms with Crippen LogP contribution in [0.1, 0.15) is 12.5 Å². The minimum absolute atomic E-state index is 0.187. The Labute approximate surface area is 135 Å². The molecule has 0 aliphatic rings. The second-order valence-corrected chi connectivity index (χ2v) is 6.62. The van der Waals surface area contributed by atoms with E-state index in [0.29, 0.717) is 17.0 Å². The normalized spacial score (nSPS) is 10.9. The Bertz CT molecular complexity index is 832. The molecule has 0 aliphatic heterocycles. The SMILES string of the molecule is COc1ccc(NC(C)=O)cc1NS(=O)(=O)c1ccccc1C. The number of carbonyl (C=O) groups excluding carboxylic acids is 1. The summed E-state index contributed by atoms with van der Waals surface area (Å²) in [5.41, 5.74) is 1.36. The topological polar surface area (TPSA) is 84.5 Å². The van der Waals surface area contributed by atoms with Gasteiger partial charge in [0.05, 0.1) is 17.7 Å². The van der Waals surface area contributed by atoms with Crippen molar-refractivity contribution >= 4 is 27.3 Å². The van der Waals surface area contributed by atoms with Crippen molar-refractivity contribution in [1.82, 2.24) is 0 Å². The molecule has 7 heteroatoms. The summed E-state index contributed by atoms with van der Waals surface area (Å²) < 4.78 is 32.8. The first kappa shape index (κ1) is 16.8. The van der Waals surface area contributed by atoms with Gasteiger partial charge in [-0.15, -0.1) is 0 Å². The van der Waals surface area contributed by atoms with Gasteiger partial charge in [-0.05, 0) is 36.8 Å². The molecule has 0 unspecified atom stereocenters. The fourth-order valence-electron chi connectivity index (χ4n) is 2.13. The number of aryl methyl sites for hydroxylation is 1. The third-order valence-electron chi connectivity index (χ3n) is 3.15. The first-order chi connectivity index (χ1) is 10.8. The van der Waals surface area contributed by atoms with Gasteiger partial charge in [0.15, 0.2) is 0 Å². The molecule has 0 atom stereocenters. The lowest BCUT2D eigenvalue weighted by atomic mass is 10.2. The second kappa shape index (κ2) is 6.70. The monoisotopic (exact) mass is 334 g/mol. The summed E-state index contributed by atoms with van der Waals surface area (Å²) in [5, 5.41) is 2.60. The quantitative estimate of drug-likeness (QED) is 0.880. The summed E-state index contributed by atoms with van der Waals surface area (Å²) in [4.78, 5) is 11.3. The molecule has 2 N–H and O–H groups in total. The third kappa shape index (κ3) is 4.01. The van der Waals surface area contributed by atoms with Crippen molar-refractivity contribution in [2.75, 3.05) is 17.1 Å². The summed E-state index contributed by atoms with van der Waals surface area (Å²) in [6.07, 6.45) is 0. The summed E-state index contributed by atoms with van der Waals surface area (Å²) >= 11 is 0. The molecule has 0 radical (unpaired) electrons. The zero-order valence-corrected chi connectivity index (χ0v) is 13.9. The average molecular weight is 334 g/mol. The first-order valence-electron chi connectivity index (χ1n) is 6.87. The number of nitrogens with one attached hydrogen (secondary N) is 2. The summed E-state index contributed by atoms with van der Waals surface area (Å²) in [5.74, 6) is 0.110. The highest BCUT2D eigenvalue weighted by molar-refractivity contribution is 7.92. The van der Waals surface area contributed by atoms with Crippen LogP contribution in [0.4, 0.5) is 11.4 Å². The van der Waals surface area contributed by atoms with Gasteiger partial charge in [0.1, 0.15) is 5.75 Å². The van der Waals surface area contributed by atoms with Crippen LogP contribution in [-0.2, 0) is 14.8 Å². The molecular weight excluding hydrogens is 316 g/mol. The zero-order chi connectivity index (χ0) is 17.0. The molecule has 23 heavy (non-hydrogen) atoms. The lowest BCUT2D eigenvalue weighted by Gasteiger charge is -2.14. The van der Waals surface area contributed by atoms with E-state index in [9.17, 15) is 13.2 Å². The summed E-state index contributed by atoms with van der Waals surface area (Å²) in [7, 11) is -2.32. The van der Waals surface area contributed by atoms with Gasteiger partial charge in [0.25, 0.3) is 10.0 Å². The van der Waals surface area contributed by atoms with Crippen molar-refractivity contribution in [2.45, 2.75) is 18.7 Å². The van der Waals surface area contributed by atoms with Gasteiger partial charge in [-0.25, -0.2) is 8.42 Å². The highest BCUT2D eigenvalue weighted by Gasteiger charge is 2.18. The fraction of sp³-hybridized carbons (Fsp3) is 0.188. The van der Waals surface area contributed by atoms with Gasteiger partial charge in [-0.3, -0.25) is 9.52 Å². The Morgan fingerprint density at radius 3 is 2.43 bits per heavy atom. The highest BCUT2D eigenvalue weighted by atomic mass is 32.2. The predicted octanol–water partition coefficient (Wildman–Crippen LogP) is 2.76. The average Bonchev–Trinajstić information content (AvgIpc) is 2.46. The number of hydrogen-bond acceptors (Lipinski definition) is 4. The molecule has 0 aliphatic carbocycles. The summed E-state index contributed by atoms with van der Waals surface area (Å²) in [6.45, 7) is 3.10. The number of sulfonamides is 1. The van der Waals surface area contributed by atoms with Gasteiger partial charge >= 0.3 is 0 Å². The van der Waals surface area contributed by atoms with Gasteiger partial charge < -0.3 is 10.1 Å². The van der Waals surface area contributed by atoms with Gasteiger partial charge in [-0.1, -0.05) is 18.2 Å². The van der Waals surface area contributed by atoms with Crippen LogP contribution >= 0.6 is 0 Å². The summed E-state index contributed by atoms with van der Waals surface area (Å²) in [6, 6.07) is 11.4. The van der Waals surface area contributed by atoms with Crippen molar-refractivity contribution in [3.63, 3.8) is 0 Å². The largest absolute Gasteiger partial charge is 0.495 e. The van der Waals surface area contributed by atoms with Gasteiger partial charge in [0, 0.05) is 12.6 Å². The van der Waals surface area contributed by atoms with Crippen LogP contribution in [0.5, 0.6) is 5.75 Å². The van der Waals surface area contributed by atoms with Crippen molar-refractivity contribution in [3.8, 4) is 5.75 Å². The third-order valence-corrected chi connectivity index (χ3v) is 4.67. The Balaban J connectivity index is 2.41. The van der Waals surface area contributed by atoms with Crippen LogP contribution in [0.15, 0.2) is 47.4 Å². The Morgan fingerprint density at radius 1 is 1.13 bits per heavy atom. The number of benzene rings is 2. The van der Waals surface area contributed by atoms with E-state index in [1.807, 2.05) is 0 Å². The molecule has 2 aromatic rings. The standard InChI is InChI=1S/C16H18N2O4S/c1-11-6-4-5-7-16(11)23(20,21)18-14-10-13(17-12(2)19)8-9-15(14)22-3/h4-10,18H,1-3H3,(H,17,19). The maximum absolute atomic E-state index is 12.6. The number of amides is 1. The zero-order valence-electron chi connectivity index (χ0n) is 13.1. The van der Waals surface area contributed by atoms with Crippen LogP contribution in [0.3, 0.4) is 0 Å². The van der Waals surface area contributed by atoms with Crippen molar-refractivity contribution < 1.29 is 17.9 Å². The van der Waals surface area contributed by atoms with Crippen LogP contribution in [0, 0.1) is 6.92 Å². The lowest BCUT2D eigenvalue weighted by Crippen LogP contribution is -2.15. The van der Waals surface area contributed by atoms with E-state index in [0.717, 1.165) is 0 Å². The minimum atomic E-state index is -3.76. The molecule has 0 bridgehead atoms. The molecule has 2 rings (SSSR count). The molecule has 0 fully saturated rings. The van der Waals surface area contributed by atoms with Crippen LogP contribution < -0.4 is 14.8 Å². The van der Waals surface area contributed by atoms with Crippen LogP contribution in [0.2, 0.25) is 0 Å². The van der Waals surface area contributed by atoms with E-state index >= 15 is 0 Å². The Hall–Kier alpha value is -2.54. The fourth-order valence-corrected chi connectivity index (χ4v) is 3.44. The maximum atomic E-state index is 12.6. The minimum Gasteiger partial charge on any atom is -0.495 e. The molecule has 1 amide bonds. The van der Waals surface area contributed by atoms with Crippen molar-refractivity contribution in [3.05, 3.63) is 48.0 Å². The molecule has 122 valence electrons. The number of anilines is 2. The van der Waals surface area contributed by atoms with E-state index in [4.69, 9.17) is 4.74 Å². The highest BCUT2D eigenvalue weighted by Crippen LogP contribution is 2.30. The molecule has 0 saturated carbocycles. The predicted molar refractivity (Wildman–Crippen MR) is 89.3 cm³/mol. The van der Waals surface area contributed by atoms with Crippen LogP contribution in [0.25, 0.3) is 0 Å². The van der Waals surface area contributed by atoms with Gasteiger partial charge in [0.2, 0.25) is 5.91 Å². The molecule has 0 saturated heterocycles. The number of methoxy groups -OCH3 is 1. The van der Waals surface area contributed by atoms with E-state index in [1.54, 1.807) is 37.3 Å². The molecule has 2 aromatic carbocycles. The molecule has 0 aromatic heterocycles. The van der Waals surface area contributed by atoms with E-state index in [-0.39, 0.29) is 16.5 Å². The number of ether oxygens (including phenoxy) is 1. The molecule has 0 spiro atoms. The first-order valence-corrected chi connectivity index (χ1v) is 8.36. The van der Waals surface area contributed by atoms with E-state index < -0.39 is 10.0 Å². The maximum Gasteiger partial charge on any atom is 0.262 e. The second-order valence-electron chi connectivity index (χ2n) is 4.97. The van der Waals surface area contributed by atoms with Crippen molar-refractivity contribution in [2.24, 2.45) is 0 Å². The molecule has 6 nitrogen and oxygen atoms in total. The number of hydrogen-bond donors (Lipinski definition) is 2. The van der Waals surface area contributed by atoms with Crippen molar-refractivity contribution in [1.29, 1.82) is 0 Å². The lowest BCUT2D eigenvalue weighted by molar-refractivity contribution is -0.114.